The Morgan fingerprint density at radius 3 is 3.13 bits per heavy atom. The van der Waals surface area contributed by atoms with Gasteiger partial charge in [-0.05, 0) is 25.3 Å². The number of hydrogen-bond acceptors (Lipinski definition) is 3. The van der Waals surface area contributed by atoms with Gasteiger partial charge in [-0.2, -0.15) is 5.10 Å². The van der Waals surface area contributed by atoms with Crippen LogP contribution in [0.4, 0.5) is 0 Å². The maximum Gasteiger partial charge on any atom is 0.140 e. The first-order valence-corrected chi connectivity index (χ1v) is 6.53. The Kier molecular flexibility index (Phi) is 3.75. The number of rotatable bonds is 4. The van der Waals surface area contributed by atoms with Crippen molar-refractivity contribution >= 4 is 15.9 Å². The highest BCUT2D eigenvalue weighted by atomic mass is 79.9. The van der Waals surface area contributed by atoms with Crippen LogP contribution in [0, 0.1) is 5.92 Å². The summed E-state index contributed by atoms with van der Waals surface area (Å²) >= 11 is 3.51. The SMILES string of the molecule is Cn1ncnc1CN1CCC(CCBr)C1. The second-order valence-electron chi connectivity index (χ2n) is 4.17. The van der Waals surface area contributed by atoms with Crippen LogP contribution in [0.1, 0.15) is 18.7 Å². The van der Waals surface area contributed by atoms with Gasteiger partial charge in [-0.1, -0.05) is 15.9 Å². The van der Waals surface area contributed by atoms with E-state index in [2.05, 4.69) is 30.9 Å². The Hall–Kier alpha value is -0.420. The van der Waals surface area contributed by atoms with Crippen LogP contribution in [-0.4, -0.2) is 38.1 Å². The summed E-state index contributed by atoms with van der Waals surface area (Å²) in [5, 5.41) is 5.21. The van der Waals surface area contributed by atoms with Gasteiger partial charge in [-0.3, -0.25) is 9.58 Å². The lowest BCUT2D eigenvalue weighted by atomic mass is 10.1. The molecule has 0 bridgehead atoms. The molecule has 2 rings (SSSR count). The minimum Gasteiger partial charge on any atom is -0.296 e. The summed E-state index contributed by atoms with van der Waals surface area (Å²) in [6.07, 6.45) is 4.24. The number of hydrogen-bond donors (Lipinski definition) is 0. The molecule has 1 aromatic rings. The predicted molar refractivity (Wildman–Crippen MR) is 62.8 cm³/mol. The Balaban J connectivity index is 1.85. The molecule has 0 aliphatic carbocycles. The number of aromatic nitrogens is 3. The van der Waals surface area contributed by atoms with Crippen LogP contribution >= 0.6 is 15.9 Å². The largest absolute Gasteiger partial charge is 0.296 e. The average Bonchev–Trinajstić information content (AvgIpc) is 2.79. The molecule has 1 unspecified atom stereocenters. The Labute approximate surface area is 98.8 Å². The van der Waals surface area contributed by atoms with E-state index in [0.717, 1.165) is 23.6 Å². The number of aryl methyl sites for hydroxylation is 1. The van der Waals surface area contributed by atoms with Gasteiger partial charge in [0.25, 0.3) is 0 Å². The van der Waals surface area contributed by atoms with E-state index in [-0.39, 0.29) is 0 Å². The molecular weight excluding hydrogens is 256 g/mol. The normalized spacial score (nSPS) is 22.4. The molecule has 1 aromatic heterocycles. The van der Waals surface area contributed by atoms with Gasteiger partial charge in [0.05, 0.1) is 6.54 Å². The number of halogens is 1. The van der Waals surface area contributed by atoms with Crippen molar-refractivity contribution in [3.8, 4) is 0 Å². The third kappa shape index (κ3) is 2.78. The molecular formula is C10H17BrN4. The summed E-state index contributed by atoms with van der Waals surface area (Å²) in [5.41, 5.74) is 0. The van der Waals surface area contributed by atoms with Crippen molar-refractivity contribution in [3.63, 3.8) is 0 Å². The van der Waals surface area contributed by atoms with E-state index in [0.29, 0.717) is 0 Å². The molecule has 0 radical (unpaired) electrons. The lowest BCUT2D eigenvalue weighted by Gasteiger charge is -2.14. The fourth-order valence-electron chi connectivity index (χ4n) is 2.11. The van der Waals surface area contributed by atoms with Gasteiger partial charge in [0, 0.05) is 18.9 Å². The van der Waals surface area contributed by atoms with E-state index in [9.17, 15) is 0 Å². The highest BCUT2D eigenvalue weighted by Crippen LogP contribution is 2.21. The lowest BCUT2D eigenvalue weighted by molar-refractivity contribution is 0.302. The minimum absolute atomic E-state index is 0.859. The average molecular weight is 273 g/mol. The number of likely N-dealkylation sites (tertiary alicyclic amines) is 1. The summed E-state index contributed by atoms with van der Waals surface area (Å²) in [6, 6.07) is 0. The molecule has 4 nitrogen and oxygen atoms in total. The fourth-order valence-corrected chi connectivity index (χ4v) is 2.76. The Morgan fingerprint density at radius 2 is 2.47 bits per heavy atom. The van der Waals surface area contributed by atoms with Crippen molar-refractivity contribution in [2.24, 2.45) is 13.0 Å². The number of alkyl halides is 1. The van der Waals surface area contributed by atoms with E-state index in [1.807, 2.05) is 11.7 Å². The van der Waals surface area contributed by atoms with Gasteiger partial charge in [-0.25, -0.2) is 4.98 Å². The zero-order valence-electron chi connectivity index (χ0n) is 9.06. The second-order valence-corrected chi connectivity index (χ2v) is 4.96. The predicted octanol–water partition coefficient (Wildman–Crippen LogP) is 1.42. The molecule has 1 aliphatic rings. The smallest absolute Gasteiger partial charge is 0.140 e. The van der Waals surface area contributed by atoms with Crippen molar-refractivity contribution in [2.45, 2.75) is 19.4 Å². The molecule has 0 aromatic carbocycles. The first-order valence-electron chi connectivity index (χ1n) is 5.41. The van der Waals surface area contributed by atoms with Crippen LogP contribution < -0.4 is 0 Å². The van der Waals surface area contributed by atoms with Crippen LogP contribution in [0.3, 0.4) is 0 Å². The summed E-state index contributed by atoms with van der Waals surface area (Å²) < 4.78 is 1.86. The molecule has 1 atom stereocenters. The summed E-state index contributed by atoms with van der Waals surface area (Å²) in [6.45, 7) is 3.35. The zero-order chi connectivity index (χ0) is 10.7. The molecule has 1 saturated heterocycles. The quantitative estimate of drug-likeness (QED) is 0.778. The van der Waals surface area contributed by atoms with Gasteiger partial charge >= 0.3 is 0 Å². The first-order chi connectivity index (χ1) is 7.29. The van der Waals surface area contributed by atoms with Gasteiger partial charge in [0.1, 0.15) is 12.2 Å². The van der Waals surface area contributed by atoms with E-state index in [1.165, 1.54) is 25.9 Å². The van der Waals surface area contributed by atoms with Crippen molar-refractivity contribution in [3.05, 3.63) is 12.2 Å². The third-order valence-corrected chi connectivity index (χ3v) is 3.52. The molecule has 15 heavy (non-hydrogen) atoms. The van der Waals surface area contributed by atoms with Crippen LogP contribution in [-0.2, 0) is 13.6 Å². The maximum absolute atomic E-state index is 4.25. The summed E-state index contributed by atoms with van der Waals surface area (Å²) in [4.78, 5) is 6.72. The molecule has 0 saturated carbocycles. The van der Waals surface area contributed by atoms with Crippen LogP contribution in [0.15, 0.2) is 6.33 Å². The molecule has 0 N–H and O–H groups in total. The number of nitrogens with zero attached hydrogens (tertiary/aromatic N) is 4. The summed E-state index contributed by atoms with van der Waals surface area (Å²) in [5.74, 6) is 1.92. The van der Waals surface area contributed by atoms with Crippen LogP contribution in [0.2, 0.25) is 0 Å². The molecule has 84 valence electrons. The Morgan fingerprint density at radius 1 is 1.60 bits per heavy atom. The molecule has 1 aliphatic heterocycles. The van der Waals surface area contributed by atoms with E-state index in [4.69, 9.17) is 0 Å². The highest BCUT2D eigenvalue weighted by Gasteiger charge is 2.22. The van der Waals surface area contributed by atoms with Crippen molar-refractivity contribution < 1.29 is 0 Å². The topological polar surface area (TPSA) is 34.0 Å². The Bertz CT molecular complexity index is 312. The minimum atomic E-state index is 0.859. The fraction of sp³-hybridized carbons (Fsp3) is 0.800. The van der Waals surface area contributed by atoms with Gasteiger partial charge < -0.3 is 0 Å². The molecule has 2 heterocycles. The van der Waals surface area contributed by atoms with Crippen LogP contribution in [0.25, 0.3) is 0 Å². The standard InChI is InChI=1S/C10H17BrN4/c1-14-10(12-8-13-14)7-15-5-3-9(6-15)2-4-11/h8-9H,2-7H2,1H3. The van der Waals surface area contributed by atoms with Crippen molar-refractivity contribution in [1.82, 2.24) is 19.7 Å². The van der Waals surface area contributed by atoms with E-state index in [1.54, 1.807) is 6.33 Å². The van der Waals surface area contributed by atoms with Gasteiger partial charge in [-0.15, -0.1) is 0 Å². The van der Waals surface area contributed by atoms with Crippen molar-refractivity contribution in [2.75, 3.05) is 18.4 Å². The molecule has 1 fully saturated rings. The zero-order valence-corrected chi connectivity index (χ0v) is 10.7. The van der Waals surface area contributed by atoms with Crippen molar-refractivity contribution in [1.29, 1.82) is 0 Å². The van der Waals surface area contributed by atoms with Gasteiger partial charge in [0.15, 0.2) is 0 Å². The molecule has 5 heteroatoms. The van der Waals surface area contributed by atoms with Gasteiger partial charge in [0.2, 0.25) is 0 Å². The second kappa shape index (κ2) is 5.07. The van der Waals surface area contributed by atoms with E-state index < -0.39 is 0 Å². The highest BCUT2D eigenvalue weighted by molar-refractivity contribution is 9.09. The third-order valence-electron chi connectivity index (χ3n) is 3.06. The monoisotopic (exact) mass is 272 g/mol. The maximum atomic E-state index is 4.25. The summed E-state index contributed by atoms with van der Waals surface area (Å²) in [7, 11) is 1.95. The van der Waals surface area contributed by atoms with E-state index >= 15 is 0 Å². The molecule has 0 amide bonds. The molecule has 0 spiro atoms. The first kappa shape index (κ1) is 11.1. The lowest BCUT2D eigenvalue weighted by Crippen LogP contribution is -2.22. The van der Waals surface area contributed by atoms with Crippen LogP contribution in [0.5, 0.6) is 0 Å².